The Balaban J connectivity index is 2.00. The lowest BCUT2D eigenvalue weighted by atomic mass is 10.7. The summed E-state index contributed by atoms with van der Waals surface area (Å²) in [6, 6.07) is 0. The minimum absolute atomic E-state index is 0.0365. The molecule has 0 aliphatic carbocycles. The molecule has 13 heteroatoms. The molecule has 0 aromatic rings. The van der Waals surface area contributed by atoms with Gasteiger partial charge in [-0.3, -0.25) is 0 Å². The summed E-state index contributed by atoms with van der Waals surface area (Å²) in [6.45, 7) is 0. The zero-order valence-corrected chi connectivity index (χ0v) is 15.3. The highest BCUT2D eigenvalue weighted by Crippen LogP contribution is 2.33. The van der Waals surface area contributed by atoms with Gasteiger partial charge in [0.05, 0.1) is 0 Å². The van der Waals surface area contributed by atoms with Gasteiger partial charge in [-0.1, -0.05) is 10.9 Å². The number of hydrogen-bond donors (Lipinski definition) is 0. The van der Waals surface area contributed by atoms with E-state index in [1.807, 2.05) is 0 Å². The Morgan fingerprint density at radius 2 is 1.61 bits per heavy atom. The smallest absolute Gasteiger partial charge is 0.384 e. The zero-order valence-electron chi connectivity index (χ0n) is 8.50. The van der Waals surface area contributed by atoms with Crippen LogP contribution < -0.4 is 0 Å². The van der Waals surface area contributed by atoms with E-state index in [9.17, 15) is 21.6 Å². The van der Waals surface area contributed by atoms with Gasteiger partial charge in [0, 0.05) is 54.2 Å². The third-order valence-corrected chi connectivity index (χ3v) is 27.9. The van der Waals surface area contributed by atoms with Gasteiger partial charge in [-0.15, -0.1) is 0 Å². The average molecular weight is 369 g/mol. The molecule has 3 saturated heterocycles. The Morgan fingerprint density at radius 1 is 1.11 bits per heavy atom. The molecule has 3 aliphatic rings. The molecule has 3 aliphatic heterocycles. The van der Waals surface area contributed by atoms with Crippen molar-refractivity contribution in [3.8, 4) is 0 Å². The Kier molecular flexibility index (Phi) is 4.30. The third-order valence-electron chi connectivity index (χ3n) is 2.02. The van der Waals surface area contributed by atoms with Crippen LogP contribution >= 0.6 is 0 Å². The first-order chi connectivity index (χ1) is 8.24. The number of rotatable bonds is 3. The molecule has 0 aromatic heterocycles. The molecule has 0 saturated carbocycles. The van der Waals surface area contributed by atoms with Gasteiger partial charge in [-0.25, -0.2) is 0 Å². The van der Waals surface area contributed by atoms with Crippen molar-refractivity contribution in [2.24, 2.45) is 0 Å². The van der Waals surface area contributed by atoms with E-state index in [2.05, 4.69) is 4.18 Å². The molecule has 0 spiro atoms. The summed E-state index contributed by atoms with van der Waals surface area (Å²) in [6.07, 6.45) is 2.30. The average Bonchev–Trinajstić information content (AvgIpc) is 2.29. The lowest BCUT2D eigenvalue weighted by Crippen LogP contribution is -2.56. The molecule has 2 bridgehead atoms. The number of halogens is 3. The zero-order chi connectivity index (χ0) is 13.4. The summed E-state index contributed by atoms with van der Waals surface area (Å²) in [5.41, 5.74) is -5.35. The molecule has 0 atom stereocenters. The molecule has 3 heterocycles. The first kappa shape index (κ1) is 15.0. The lowest BCUT2D eigenvalue weighted by Gasteiger charge is -2.42. The van der Waals surface area contributed by atoms with Crippen LogP contribution in [0.2, 0.25) is 9.07 Å². The summed E-state index contributed by atoms with van der Waals surface area (Å²) >= 11 is 0. The maximum atomic E-state index is 12.0. The van der Waals surface area contributed by atoms with Crippen LogP contribution in [0.5, 0.6) is 0 Å². The fraction of sp³-hybridized carbons (Fsp3) is 0.600. The maximum Gasteiger partial charge on any atom is 0.534 e. The molecule has 0 N–H and O–H groups in total. The number of allylic oxidation sites excluding steroid dienone is 1. The van der Waals surface area contributed by atoms with Gasteiger partial charge in [0.25, 0.3) is 0 Å². The highest BCUT2D eigenvalue weighted by Gasteiger charge is 2.48. The van der Waals surface area contributed by atoms with Crippen LogP contribution in [0.1, 0.15) is 0 Å². The number of alkyl halides is 3. The van der Waals surface area contributed by atoms with Gasteiger partial charge >= 0.3 is 15.6 Å². The van der Waals surface area contributed by atoms with E-state index in [1.54, 1.807) is 6.08 Å². The first-order valence-corrected chi connectivity index (χ1v) is 15.1. The minimum Gasteiger partial charge on any atom is -0.384 e. The molecular weight excluding hydrogens is 366 g/mol. The Morgan fingerprint density at radius 3 is 2.06 bits per heavy atom. The van der Waals surface area contributed by atoms with Gasteiger partial charge < -0.3 is 4.18 Å². The summed E-state index contributed by atoms with van der Waals surface area (Å²) < 4.78 is 61.5. The maximum absolute atomic E-state index is 12.0. The van der Waals surface area contributed by atoms with Crippen molar-refractivity contribution < 1.29 is 25.8 Å². The van der Waals surface area contributed by atoms with Gasteiger partial charge in [-0.05, 0) is 4.28 Å². The molecule has 0 unspecified atom stereocenters. The van der Waals surface area contributed by atoms with Gasteiger partial charge in [0.15, 0.2) is 0 Å². The van der Waals surface area contributed by atoms with Crippen molar-refractivity contribution in [3.05, 3.63) is 12.3 Å². The normalized spacial score (nSPS) is 32.9. The predicted molar refractivity (Wildman–Crippen MR) is 66.2 cm³/mol. The second-order valence-corrected chi connectivity index (χ2v) is 18.7. The highest BCUT2D eigenvalue weighted by molar-refractivity contribution is 7.87. The Hall–Kier alpha value is 0.581. The second kappa shape index (κ2) is 5.17. The van der Waals surface area contributed by atoms with Gasteiger partial charge in [-0.2, -0.15) is 21.6 Å². The Labute approximate surface area is 117 Å². The van der Waals surface area contributed by atoms with Crippen LogP contribution in [0.4, 0.5) is 13.2 Å². The van der Waals surface area contributed by atoms with Crippen molar-refractivity contribution in [1.29, 1.82) is 0 Å². The van der Waals surface area contributed by atoms with Crippen LogP contribution in [0, 0.1) is 0 Å². The summed E-state index contributed by atoms with van der Waals surface area (Å²) in [5, 5.41) is 0. The van der Waals surface area contributed by atoms with E-state index in [4.69, 9.17) is 0 Å². The monoisotopic (exact) mass is 368 g/mol. The quantitative estimate of drug-likeness (QED) is 0.282. The van der Waals surface area contributed by atoms with E-state index < -0.39 is 15.6 Å². The third kappa shape index (κ3) is 3.18. The fourth-order valence-corrected chi connectivity index (χ4v) is 31.1. The molecule has 18 heavy (non-hydrogen) atoms. The molecule has 12 radical (unpaired) electrons. The number of fused-ring (bicyclic) bond motifs is 3. The number of hydrogen-bond acceptors (Lipinski definition) is 3. The fourth-order valence-electron chi connectivity index (χ4n) is 1.14. The van der Waals surface area contributed by atoms with Gasteiger partial charge in [0.1, 0.15) is 6.26 Å². The minimum atomic E-state index is -5.49. The van der Waals surface area contributed by atoms with E-state index in [0.29, 0.717) is 27.1 Å². The molecule has 0 aromatic carbocycles. The van der Waals surface area contributed by atoms with Gasteiger partial charge in [0.2, 0.25) is 0 Å². The predicted octanol–water partition coefficient (Wildman–Crippen LogP) is -0.859. The standard InChI is InChI=1S/C5H3F3O3SSi6/c6-5(7,8)12(9,10)11-2-1-4-16-13-3(14-17-4)15-18-4/h1-3H/b2-1-. The van der Waals surface area contributed by atoms with Crippen LogP contribution in [-0.4, -0.2) is 68.1 Å². The van der Waals surface area contributed by atoms with Crippen LogP contribution in [0.3, 0.4) is 0 Å². The summed E-state index contributed by atoms with van der Waals surface area (Å²) in [7, 11) is -0.677. The summed E-state index contributed by atoms with van der Waals surface area (Å²) in [5.74, 6) is 0. The van der Waals surface area contributed by atoms with E-state index in [1.165, 1.54) is 0 Å². The van der Waals surface area contributed by atoms with Crippen molar-refractivity contribution in [1.82, 2.24) is 0 Å². The van der Waals surface area contributed by atoms with Crippen LogP contribution in [0.15, 0.2) is 12.3 Å². The van der Waals surface area contributed by atoms with Crippen molar-refractivity contribution in [2.45, 2.75) is 14.6 Å². The molecule has 3 rings (SSSR count). The molecule has 3 fully saturated rings. The van der Waals surface area contributed by atoms with Crippen molar-refractivity contribution in [3.63, 3.8) is 0 Å². The Bertz CT molecular complexity index is 428. The van der Waals surface area contributed by atoms with Crippen LogP contribution in [0.25, 0.3) is 0 Å². The molecular formula is C5H3F3O3SSi6. The van der Waals surface area contributed by atoms with Crippen molar-refractivity contribution in [2.75, 3.05) is 0 Å². The highest BCUT2D eigenvalue weighted by atomic mass is 32.2. The van der Waals surface area contributed by atoms with E-state index >= 15 is 0 Å². The first-order valence-electron chi connectivity index (χ1n) is 4.49. The lowest BCUT2D eigenvalue weighted by molar-refractivity contribution is -0.0515. The molecule has 3 nitrogen and oxygen atoms in total. The molecule has 92 valence electrons. The second-order valence-electron chi connectivity index (χ2n) is 3.35. The topological polar surface area (TPSA) is 43.4 Å². The SMILES string of the molecule is O=S(=O)(O/C=C\C12[Si][Si]C([Si][Si]1)[Si][Si]2)C(F)(F)F. The largest absolute Gasteiger partial charge is 0.534 e. The van der Waals surface area contributed by atoms with Crippen molar-refractivity contribution >= 4 is 64.3 Å². The summed E-state index contributed by atoms with van der Waals surface area (Å²) in [4.78, 5) is 0.857. The van der Waals surface area contributed by atoms with E-state index in [0.717, 1.165) is 38.2 Å². The van der Waals surface area contributed by atoms with E-state index in [-0.39, 0.29) is 4.28 Å². The van der Waals surface area contributed by atoms with Crippen LogP contribution in [-0.2, 0) is 14.3 Å². The molecule has 0 amide bonds.